The molecule has 1 amide bonds. The third kappa shape index (κ3) is 3.56. The first-order valence-electron chi connectivity index (χ1n) is 7.67. The van der Waals surface area contributed by atoms with Crippen molar-refractivity contribution in [3.63, 3.8) is 0 Å². The van der Waals surface area contributed by atoms with E-state index in [-0.39, 0.29) is 5.91 Å². The third-order valence-electron chi connectivity index (χ3n) is 3.93. The summed E-state index contributed by atoms with van der Waals surface area (Å²) in [5, 5.41) is 1.18. The summed E-state index contributed by atoms with van der Waals surface area (Å²) in [5.41, 5.74) is 5.68. The van der Waals surface area contributed by atoms with Crippen LogP contribution < -0.4 is 10.2 Å². The van der Waals surface area contributed by atoms with E-state index < -0.39 is 0 Å². The summed E-state index contributed by atoms with van der Waals surface area (Å²) in [6.07, 6.45) is 1.45. The molecule has 3 heteroatoms. The molecule has 0 N–H and O–H groups in total. The van der Waals surface area contributed by atoms with E-state index in [1.807, 2.05) is 20.9 Å². The zero-order valence-corrected chi connectivity index (χ0v) is 15.0. The highest BCUT2D eigenvalue weighted by Gasteiger charge is 2.13. The van der Waals surface area contributed by atoms with Gasteiger partial charge in [-0.3, -0.25) is 4.79 Å². The van der Waals surface area contributed by atoms with E-state index >= 15 is 0 Å². The largest absolute Gasteiger partial charge is 0.315 e. The first-order valence-corrected chi connectivity index (χ1v) is 8.25. The molecular weight excluding hydrogens is 289 g/mol. The van der Waals surface area contributed by atoms with E-state index in [4.69, 9.17) is 0 Å². The van der Waals surface area contributed by atoms with Gasteiger partial charge in [-0.15, -0.1) is 9.24 Å². The molecule has 116 valence electrons. The number of aryl methyl sites for hydroxylation is 2. The van der Waals surface area contributed by atoms with Crippen molar-refractivity contribution in [3.8, 4) is 11.1 Å². The lowest BCUT2D eigenvalue weighted by molar-refractivity contribution is -0.118. The van der Waals surface area contributed by atoms with Crippen LogP contribution in [0, 0.1) is 13.8 Å². The molecule has 2 nitrogen and oxygen atoms in total. The average Bonchev–Trinajstić information content (AvgIpc) is 2.48. The number of hydrogen-bond acceptors (Lipinski definition) is 1. The number of carbonyl (C=O) groups excluding carboxylic acids is 1. The molecular formula is C19H24NOP. The summed E-state index contributed by atoms with van der Waals surface area (Å²) in [6.45, 7) is 6.17. The summed E-state index contributed by atoms with van der Waals surface area (Å²) < 4.78 is 0. The fraction of sp³-hybridized carbons (Fsp3) is 0.316. The maximum atomic E-state index is 12.2. The van der Waals surface area contributed by atoms with Gasteiger partial charge in [0.05, 0.1) is 0 Å². The second-order valence-electron chi connectivity index (χ2n) is 5.79. The van der Waals surface area contributed by atoms with Crippen molar-refractivity contribution >= 4 is 26.1 Å². The first kappa shape index (κ1) is 16.7. The lowest BCUT2D eigenvalue weighted by atomic mass is 10.0. The van der Waals surface area contributed by atoms with Crippen LogP contribution >= 0.6 is 9.24 Å². The van der Waals surface area contributed by atoms with E-state index in [1.165, 1.54) is 16.4 Å². The van der Waals surface area contributed by atoms with E-state index in [1.54, 1.807) is 4.90 Å². The Morgan fingerprint density at radius 3 is 2.50 bits per heavy atom. The Morgan fingerprint density at radius 1 is 1.14 bits per heavy atom. The fourth-order valence-electron chi connectivity index (χ4n) is 2.60. The second-order valence-corrected chi connectivity index (χ2v) is 6.42. The molecule has 0 fully saturated rings. The number of nitrogens with zero attached hydrogens (tertiary/aromatic N) is 1. The van der Waals surface area contributed by atoms with Gasteiger partial charge < -0.3 is 4.90 Å². The van der Waals surface area contributed by atoms with Gasteiger partial charge in [0.2, 0.25) is 5.91 Å². The molecule has 1 unspecified atom stereocenters. The predicted molar refractivity (Wildman–Crippen MR) is 99.0 cm³/mol. The van der Waals surface area contributed by atoms with Crippen molar-refractivity contribution < 1.29 is 4.79 Å². The highest BCUT2D eigenvalue weighted by molar-refractivity contribution is 7.28. The fourth-order valence-corrected chi connectivity index (χ4v) is 3.13. The lowest BCUT2D eigenvalue weighted by Gasteiger charge is -2.21. The van der Waals surface area contributed by atoms with Crippen LogP contribution in [0.25, 0.3) is 11.1 Å². The van der Waals surface area contributed by atoms with Gasteiger partial charge in [-0.1, -0.05) is 42.8 Å². The van der Waals surface area contributed by atoms with Gasteiger partial charge in [0.15, 0.2) is 0 Å². The van der Waals surface area contributed by atoms with Gasteiger partial charge in [0, 0.05) is 19.2 Å². The normalized spacial score (nSPS) is 10.6. The van der Waals surface area contributed by atoms with Gasteiger partial charge in [-0.05, 0) is 48.3 Å². The van der Waals surface area contributed by atoms with Crippen LogP contribution in [0.3, 0.4) is 0 Å². The minimum absolute atomic E-state index is 0.165. The van der Waals surface area contributed by atoms with Gasteiger partial charge in [0.25, 0.3) is 0 Å². The highest BCUT2D eigenvalue weighted by Crippen LogP contribution is 2.28. The average molecular weight is 313 g/mol. The summed E-state index contributed by atoms with van der Waals surface area (Å²) in [4.78, 5) is 14.0. The maximum absolute atomic E-state index is 12.2. The smallest absolute Gasteiger partial charge is 0.226 e. The topological polar surface area (TPSA) is 20.3 Å². The molecule has 0 aromatic heterocycles. The van der Waals surface area contributed by atoms with Crippen LogP contribution in [0.4, 0.5) is 5.69 Å². The molecule has 0 saturated heterocycles. The summed E-state index contributed by atoms with van der Waals surface area (Å²) in [6, 6.07) is 12.7. The van der Waals surface area contributed by atoms with Gasteiger partial charge in [-0.25, -0.2) is 0 Å². The highest BCUT2D eigenvalue weighted by atomic mass is 31.0. The van der Waals surface area contributed by atoms with Gasteiger partial charge in [0.1, 0.15) is 0 Å². The molecule has 1 atom stereocenters. The van der Waals surface area contributed by atoms with Crippen LogP contribution in [0.2, 0.25) is 0 Å². The molecule has 0 aliphatic rings. The zero-order chi connectivity index (χ0) is 16.3. The number of anilines is 1. The number of carbonyl (C=O) groups is 1. The Kier molecular flexibility index (Phi) is 5.37. The summed E-state index contributed by atoms with van der Waals surface area (Å²) in [7, 11) is 4.66. The molecule has 0 aliphatic heterocycles. The predicted octanol–water partition coefficient (Wildman–Crippen LogP) is 4.23. The zero-order valence-electron chi connectivity index (χ0n) is 13.8. The van der Waals surface area contributed by atoms with Crippen LogP contribution in [0.1, 0.15) is 30.9 Å². The SMILES string of the molecule is CCCC(=O)N(C)c1cc(-c2ccc(C)cc2P)ccc1C. The van der Waals surface area contributed by atoms with Crippen molar-refractivity contribution in [3.05, 3.63) is 47.5 Å². The molecule has 0 radical (unpaired) electrons. The van der Waals surface area contributed by atoms with Crippen LogP contribution in [-0.2, 0) is 4.79 Å². The Bertz CT molecular complexity index is 694. The van der Waals surface area contributed by atoms with E-state index in [0.29, 0.717) is 6.42 Å². The van der Waals surface area contributed by atoms with Gasteiger partial charge in [-0.2, -0.15) is 0 Å². The first-order chi connectivity index (χ1) is 10.4. The minimum Gasteiger partial charge on any atom is -0.315 e. The van der Waals surface area contributed by atoms with E-state index in [0.717, 1.165) is 23.2 Å². The molecule has 2 aromatic rings. The van der Waals surface area contributed by atoms with Gasteiger partial charge >= 0.3 is 0 Å². The number of benzene rings is 2. The van der Waals surface area contributed by atoms with Crippen molar-refractivity contribution in [1.29, 1.82) is 0 Å². The summed E-state index contributed by atoms with van der Waals surface area (Å²) in [5.74, 6) is 0.165. The molecule has 0 bridgehead atoms. The van der Waals surface area contributed by atoms with Crippen LogP contribution in [0.15, 0.2) is 36.4 Å². The Balaban J connectivity index is 2.44. The molecule has 0 spiro atoms. The molecule has 22 heavy (non-hydrogen) atoms. The molecule has 2 aromatic carbocycles. The standard InChI is InChI=1S/C19H24NOP/c1-5-6-19(21)20(4)17-12-15(9-8-14(17)3)16-10-7-13(2)11-18(16)22/h7-12H,5-6,22H2,1-4H3. The number of hydrogen-bond donors (Lipinski definition) is 0. The van der Waals surface area contributed by atoms with E-state index in [2.05, 4.69) is 52.6 Å². The quantitative estimate of drug-likeness (QED) is 0.773. The third-order valence-corrected chi connectivity index (χ3v) is 4.40. The second kappa shape index (κ2) is 7.07. The van der Waals surface area contributed by atoms with E-state index in [9.17, 15) is 4.79 Å². The monoisotopic (exact) mass is 313 g/mol. The Labute approximate surface area is 135 Å². The number of amides is 1. The minimum atomic E-state index is 0.165. The van der Waals surface area contributed by atoms with Crippen molar-refractivity contribution in [2.75, 3.05) is 11.9 Å². The molecule has 0 heterocycles. The molecule has 2 rings (SSSR count). The maximum Gasteiger partial charge on any atom is 0.226 e. The van der Waals surface area contributed by atoms with Crippen molar-refractivity contribution in [1.82, 2.24) is 0 Å². The lowest BCUT2D eigenvalue weighted by Crippen LogP contribution is -2.26. The Hall–Kier alpha value is -1.66. The van der Waals surface area contributed by atoms with Crippen molar-refractivity contribution in [2.45, 2.75) is 33.6 Å². The van der Waals surface area contributed by atoms with Crippen LogP contribution in [-0.4, -0.2) is 13.0 Å². The van der Waals surface area contributed by atoms with Crippen molar-refractivity contribution in [2.24, 2.45) is 0 Å². The number of rotatable bonds is 4. The Morgan fingerprint density at radius 2 is 1.86 bits per heavy atom. The van der Waals surface area contributed by atoms with Crippen LogP contribution in [0.5, 0.6) is 0 Å². The molecule has 0 aliphatic carbocycles. The molecule has 0 saturated carbocycles. The summed E-state index contributed by atoms with van der Waals surface area (Å²) >= 11 is 0.